The van der Waals surface area contributed by atoms with Crippen LogP contribution in [-0.2, 0) is 0 Å². The normalized spacial score (nSPS) is 12.5. The molecule has 0 bridgehead atoms. The topological polar surface area (TPSA) is 35.2 Å². The summed E-state index contributed by atoms with van der Waals surface area (Å²) in [5.41, 5.74) is 6.79. The SMILES string of the molecule is CCCCOc1ccc([C@H](C)N)cc1Cl. The van der Waals surface area contributed by atoms with Gasteiger partial charge in [-0.3, -0.25) is 0 Å². The largest absolute Gasteiger partial charge is 0.492 e. The highest BCUT2D eigenvalue weighted by Gasteiger charge is 2.05. The summed E-state index contributed by atoms with van der Waals surface area (Å²) >= 11 is 6.07. The molecule has 0 aromatic heterocycles. The van der Waals surface area contributed by atoms with Crippen molar-refractivity contribution in [3.63, 3.8) is 0 Å². The van der Waals surface area contributed by atoms with Crippen LogP contribution in [0.4, 0.5) is 0 Å². The van der Waals surface area contributed by atoms with Crippen molar-refractivity contribution in [1.82, 2.24) is 0 Å². The fourth-order valence-electron chi connectivity index (χ4n) is 1.24. The number of unbranched alkanes of at least 4 members (excludes halogenated alkanes) is 1. The van der Waals surface area contributed by atoms with Crippen molar-refractivity contribution in [3.8, 4) is 5.75 Å². The molecule has 1 atom stereocenters. The molecule has 15 heavy (non-hydrogen) atoms. The summed E-state index contributed by atoms with van der Waals surface area (Å²) in [6.07, 6.45) is 2.17. The Morgan fingerprint density at radius 1 is 1.47 bits per heavy atom. The molecular weight excluding hydrogens is 210 g/mol. The molecule has 0 heterocycles. The Kier molecular flexibility index (Phi) is 4.92. The summed E-state index contributed by atoms with van der Waals surface area (Å²) in [6.45, 7) is 4.78. The number of rotatable bonds is 5. The van der Waals surface area contributed by atoms with Gasteiger partial charge in [0.1, 0.15) is 5.75 Å². The van der Waals surface area contributed by atoms with Crippen LogP contribution in [0.25, 0.3) is 0 Å². The minimum Gasteiger partial charge on any atom is -0.492 e. The third-order valence-electron chi connectivity index (χ3n) is 2.24. The van der Waals surface area contributed by atoms with E-state index < -0.39 is 0 Å². The summed E-state index contributed by atoms with van der Waals surface area (Å²) in [6, 6.07) is 5.72. The molecule has 0 radical (unpaired) electrons. The van der Waals surface area contributed by atoms with E-state index in [2.05, 4.69) is 6.92 Å². The predicted octanol–water partition coefficient (Wildman–Crippen LogP) is 3.54. The third-order valence-corrected chi connectivity index (χ3v) is 2.53. The Balaban J connectivity index is 2.66. The van der Waals surface area contributed by atoms with Gasteiger partial charge in [-0.15, -0.1) is 0 Å². The Bertz CT molecular complexity index is 312. The molecule has 0 aliphatic carbocycles. The van der Waals surface area contributed by atoms with E-state index in [0.717, 1.165) is 24.2 Å². The van der Waals surface area contributed by atoms with Gasteiger partial charge < -0.3 is 10.5 Å². The second-order valence-electron chi connectivity index (χ2n) is 3.68. The molecule has 1 rings (SSSR count). The van der Waals surface area contributed by atoms with Crippen molar-refractivity contribution < 1.29 is 4.74 Å². The van der Waals surface area contributed by atoms with E-state index in [9.17, 15) is 0 Å². The Hall–Kier alpha value is -0.730. The summed E-state index contributed by atoms with van der Waals surface area (Å²) in [5, 5.41) is 0.640. The summed E-state index contributed by atoms with van der Waals surface area (Å²) in [7, 11) is 0. The predicted molar refractivity (Wildman–Crippen MR) is 64.5 cm³/mol. The molecule has 2 N–H and O–H groups in total. The maximum Gasteiger partial charge on any atom is 0.137 e. The molecule has 0 aliphatic heterocycles. The Labute approximate surface area is 96.4 Å². The highest BCUT2D eigenvalue weighted by Crippen LogP contribution is 2.27. The zero-order chi connectivity index (χ0) is 11.3. The maximum absolute atomic E-state index is 6.07. The van der Waals surface area contributed by atoms with E-state index in [1.165, 1.54) is 0 Å². The molecular formula is C12H18ClNO. The van der Waals surface area contributed by atoms with Crippen LogP contribution in [0.2, 0.25) is 5.02 Å². The quantitative estimate of drug-likeness (QED) is 0.781. The summed E-state index contributed by atoms with van der Waals surface area (Å²) in [5.74, 6) is 0.745. The second-order valence-corrected chi connectivity index (χ2v) is 4.09. The molecule has 0 saturated carbocycles. The molecule has 1 aromatic rings. The smallest absolute Gasteiger partial charge is 0.137 e. The number of ether oxygens (including phenoxy) is 1. The van der Waals surface area contributed by atoms with Crippen molar-refractivity contribution in [2.24, 2.45) is 5.73 Å². The van der Waals surface area contributed by atoms with E-state index in [1.54, 1.807) is 0 Å². The van der Waals surface area contributed by atoms with Gasteiger partial charge >= 0.3 is 0 Å². The molecule has 2 nitrogen and oxygen atoms in total. The second kappa shape index (κ2) is 5.99. The van der Waals surface area contributed by atoms with Crippen LogP contribution in [-0.4, -0.2) is 6.61 Å². The third kappa shape index (κ3) is 3.73. The van der Waals surface area contributed by atoms with Gasteiger partial charge in [0, 0.05) is 6.04 Å². The first-order chi connectivity index (χ1) is 7.15. The minimum atomic E-state index is 0.00666. The van der Waals surface area contributed by atoms with Crippen LogP contribution in [0.3, 0.4) is 0 Å². The minimum absolute atomic E-state index is 0.00666. The average Bonchev–Trinajstić information content (AvgIpc) is 2.20. The molecule has 0 aliphatic rings. The van der Waals surface area contributed by atoms with Crippen LogP contribution < -0.4 is 10.5 Å². The van der Waals surface area contributed by atoms with E-state index in [0.29, 0.717) is 11.6 Å². The lowest BCUT2D eigenvalue weighted by molar-refractivity contribution is 0.309. The lowest BCUT2D eigenvalue weighted by Crippen LogP contribution is -2.05. The highest BCUT2D eigenvalue weighted by atomic mass is 35.5. The van der Waals surface area contributed by atoms with Crippen molar-refractivity contribution in [3.05, 3.63) is 28.8 Å². The highest BCUT2D eigenvalue weighted by molar-refractivity contribution is 6.32. The fourth-order valence-corrected chi connectivity index (χ4v) is 1.49. The average molecular weight is 228 g/mol. The molecule has 0 amide bonds. The molecule has 0 fully saturated rings. The van der Waals surface area contributed by atoms with Gasteiger partial charge in [0.2, 0.25) is 0 Å². The molecule has 1 aromatic carbocycles. The van der Waals surface area contributed by atoms with E-state index in [4.69, 9.17) is 22.1 Å². The standard InChI is InChI=1S/C12H18ClNO/c1-3-4-7-15-12-6-5-10(9(2)14)8-11(12)13/h5-6,8-9H,3-4,7,14H2,1-2H3/t9-/m0/s1. The van der Waals surface area contributed by atoms with Gasteiger partial charge in [-0.1, -0.05) is 31.0 Å². The first kappa shape index (κ1) is 12.3. The lowest BCUT2D eigenvalue weighted by Gasteiger charge is -2.10. The van der Waals surface area contributed by atoms with Crippen LogP contribution in [0.5, 0.6) is 5.75 Å². The number of halogens is 1. The van der Waals surface area contributed by atoms with Gasteiger partial charge in [0.15, 0.2) is 0 Å². The van der Waals surface area contributed by atoms with Gasteiger partial charge in [-0.25, -0.2) is 0 Å². The summed E-state index contributed by atoms with van der Waals surface area (Å²) in [4.78, 5) is 0. The molecule has 3 heteroatoms. The van der Waals surface area contributed by atoms with Crippen LogP contribution in [0.15, 0.2) is 18.2 Å². The molecule has 0 unspecified atom stereocenters. The van der Waals surface area contributed by atoms with E-state index >= 15 is 0 Å². The number of hydrogen-bond acceptors (Lipinski definition) is 2. The van der Waals surface area contributed by atoms with E-state index in [1.807, 2.05) is 25.1 Å². The molecule has 0 spiro atoms. The van der Waals surface area contributed by atoms with Crippen LogP contribution >= 0.6 is 11.6 Å². The van der Waals surface area contributed by atoms with Gasteiger partial charge in [0.25, 0.3) is 0 Å². The number of nitrogens with two attached hydrogens (primary N) is 1. The van der Waals surface area contributed by atoms with Crippen LogP contribution in [0, 0.1) is 0 Å². The first-order valence-corrected chi connectivity index (χ1v) is 5.70. The zero-order valence-electron chi connectivity index (χ0n) is 9.29. The molecule has 0 saturated heterocycles. The van der Waals surface area contributed by atoms with E-state index in [-0.39, 0.29) is 6.04 Å². The van der Waals surface area contributed by atoms with Crippen molar-refractivity contribution in [2.45, 2.75) is 32.7 Å². The zero-order valence-corrected chi connectivity index (χ0v) is 10.1. The van der Waals surface area contributed by atoms with Crippen molar-refractivity contribution >= 4 is 11.6 Å². The Morgan fingerprint density at radius 2 is 2.20 bits per heavy atom. The summed E-state index contributed by atoms with van der Waals surface area (Å²) < 4.78 is 5.54. The van der Waals surface area contributed by atoms with Gasteiger partial charge in [-0.2, -0.15) is 0 Å². The molecule has 84 valence electrons. The van der Waals surface area contributed by atoms with Gasteiger partial charge in [0.05, 0.1) is 11.6 Å². The number of benzene rings is 1. The maximum atomic E-state index is 6.07. The van der Waals surface area contributed by atoms with Crippen molar-refractivity contribution in [2.75, 3.05) is 6.61 Å². The van der Waals surface area contributed by atoms with Crippen LogP contribution in [0.1, 0.15) is 38.3 Å². The Morgan fingerprint density at radius 3 is 2.73 bits per heavy atom. The first-order valence-electron chi connectivity index (χ1n) is 5.33. The van der Waals surface area contributed by atoms with Crippen molar-refractivity contribution in [1.29, 1.82) is 0 Å². The number of hydrogen-bond donors (Lipinski definition) is 1. The lowest BCUT2D eigenvalue weighted by atomic mass is 10.1. The monoisotopic (exact) mass is 227 g/mol. The van der Waals surface area contributed by atoms with Gasteiger partial charge in [-0.05, 0) is 31.0 Å². The fraction of sp³-hybridized carbons (Fsp3) is 0.500.